The molecule has 64 valence electrons. The third-order valence-corrected chi connectivity index (χ3v) is 2.03. The summed E-state index contributed by atoms with van der Waals surface area (Å²) in [5, 5.41) is 15.9. The highest BCUT2D eigenvalue weighted by Crippen LogP contribution is 2.34. The number of hydrogen-bond acceptors (Lipinski definition) is 3. The number of fused-ring (bicyclic) bond motifs is 1. The number of hydrogen-bond donors (Lipinski definition) is 3. The number of phenolic OH excluding ortho intramolecular Hbond substituents is 1. The van der Waals surface area contributed by atoms with E-state index in [1.807, 2.05) is 12.1 Å². The van der Waals surface area contributed by atoms with Crippen molar-refractivity contribution in [2.45, 2.75) is 13.0 Å². The SMILES string of the molecule is CC1CNc2cccc(O)c2N1. The van der Waals surface area contributed by atoms with E-state index < -0.39 is 0 Å². The Kier molecular flexibility index (Phi) is 1.57. The predicted molar refractivity (Wildman–Crippen MR) is 49.7 cm³/mol. The van der Waals surface area contributed by atoms with Gasteiger partial charge in [-0.3, -0.25) is 0 Å². The van der Waals surface area contributed by atoms with Gasteiger partial charge in [-0.1, -0.05) is 6.07 Å². The van der Waals surface area contributed by atoms with Crippen molar-refractivity contribution in [1.29, 1.82) is 0 Å². The Balaban J connectivity index is 2.43. The molecule has 1 aliphatic heterocycles. The van der Waals surface area contributed by atoms with Crippen molar-refractivity contribution in [2.75, 3.05) is 17.2 Å². The fraction of sp³-hybridized carbons (Fsp3) is 0.333. The van der Waals surface area contributed by atoms with Crippen molar-refractivity contribution < 1.29 is 5.11 Å². The second-order valence-electron chi connectivity index (χ2n) is 3.13. The monoisotopic (exact) mass is 164 g/mol. The van der Waals surface area contributed by atoms with Crippen LogP contribution in [-0.4, -0.2) is 17.7 Å². The molecule has 0 amide bonds. The zero-order chi connectivity index (χ0) is 8.55. The van der Waals surface area contributed by atoms with Crippen LogP contribution in [0.5, 0.6) is 5.75 Å². The maximum atomic E-state index is 9.47. The molecular formula is C9H12N2O. The van der Waals surface area contributed by atoms with Gasteiger partial charge < -0.3 is 15.7 Å². The van der Waals surface area contributed by atoms with Crippen LogP contribution in [0.25, 0.3) is 0 Å². The summed E-state index contributed by atoms with van der Waals surface area (Å²) in [4.78, 5) is 0. The van der Waals surface area contributed by atoms with Crippen LogP contribution in [0.2, 0.25) is 0 Å². The van der Waals surface area contributed by atoms with Crippen LogP contribution >= 0.6 is 0 Å². The van der Waals surface area contributed by atoms with Gasteiger partial charge in [0.15, 0.2) is 0 Å². The number of nitrogens with one attached hydrogen (secondary N) is 2. The molecule has 1 unspecified atom stereocenters. The van der Waals surface area contributed by atoms with Gasteiger partial charge in [0, 0.05) is 12.6 Å². The lowest BCUT2D eigenvalue weighted by molar-refractivity contribution is 0.476. The van der Waals surface area contributed by atoms with E-state index in [0.717, 1.165) is 17.9 Å². The van der Waals surface area contributed by atoms with E-state index in [0.29, 0.717) is 11.8 Å². The summed E-state index contributed by atoms with van der Waals surface area (Å²) in [6.07, 6.45) is 0. The van der Waals surface area contributed by atoms with E-state index in [2.05, 4.69) is 17.6 Å². The van der Waals surface area contributed by atoms with Crippen molar-refractivity contribution in [3.05, 3.63) is 18.2 Å². The smallest absolute Gasteiger partial charge is 0.140 e. The van der Waals surface area contributed by atoms with Crippen LogP contribution < -0.4 is 10.6 Å². The lowest BCUT2D eigenvalue weighted by Crippen LogP contribution is -2.29. The maximum absolute atomic E-state index is 9.47. The molecule has 1 aromatic rings. The van der Waals surface area contributed by atoms with E-state index in [-0.39, 0.29) is 0 Å². The van der Waals surface area contributed by atoms with Crippen molar-refractivity contribution in [2.24, 2.45) is 0 Å². The molecule has 0 bridgehead atoms. The number of para-hydroxylation sites is 1. The van der Waals surface area contributed by atoms with Gasteiger partial charge in [-0.2, -0.15) is 0 Å². The van der Waals surface area contributed by atoms with Crippen LogP contribution in [0.15, 0.2) is 18.2 Å². The fourth-order valence-electron chi connectivity index (χ4n) is 1.40. The van der Waals surface area contributed by atoms with Gasteiger partial charge >= 0.3 is 0 Å². The summed E-state index contributed by atoms with van der Waals surface area (Å²) in [7, 11) is 0. The van der Waals surface area contributed by atoms with Gasteiger partial charge in [0.1, 0.15) is 11.4 Å². The third kappa shape index (κ3) is 1.07. The third-order valence-electron chi connectivity index (χ3n) is 2.03. The standard InChI is InChI=1S/C9H12N2O/c1-6-5-10-7-3-2-4-8(12)9(7)11-6/h2-4,6,10-12H,5H2,1H3. The highest BCUT2D eigenvalue weighted by Gasteiger charge is 2.15. The molecule has 3 N–H and O–H groups in total. The molecule has 3 nitrogen and oxygen atoms in total. The molecule has 0 aromatic heterocycles. The zero-order valence-corrected chi connectivity index (χ0v) is 6.96. The number of phenols is 1. The van der Waals surface area contributed by atoms with Crippen LogP contribution in [0.4, 0.5) is 11.4 Å². The Morgan fingerprint density at radius 1 is 1.50 bits per heavy atom. The first-order valence-corrected chi connectivity index (χ1v) is 4.10. The Labute approximate surface area is 71.4 Å². The molecule has 1 heterocycles. The molecule has 0 aliphatic carbocycles. The van der Waals surface area contributed by atoms with Gasteiger partial charge in [-0.15, -0.1) is 0 Å². The molecule has 1 atom stereocenters. The Hall–Kier alpha value is -1.38. The van der Waals surface area contributed by atoms with E-state index in [4.69, 9.17) is 0 Å². The summed E-state index contributed by atoms with van der Waals surface area (Å²) in [5.41, 5.74) is 1.80. The molecule has 0 radical (unpaired) electrons. The first kappa shape index (κ1) is 7.28. The number of anilines is 2. The summed E-state index contributed by atoms with van der Waals surface area (Å²) in [6.45, 7) is 2.97. The Bertz CT molecular complexity index is 299. The quantitative estimate of drug-likeness (QED) is 0.510. The molecule has 0 spiro atoms. The van der Waals surface area contributed by atoms with Crippen molar-refractivity contribution in [1.82, 2.24) is 0 Å². The van der Waals surface area contributed by atoms with Gasteiger partial charge in [-0.05, 0) is 19.1 Å². The average molecular weight is 164 g/mol. The predicted octanol–water partition coefficient (Wildman–Crippen LogP) is 1.62. The highest BCUT2D eigenvalue weighted by atomic mass is 16.3. The van der Waals surface area contributed by atoms with Crippen molar-refractivity contribution >= 4 is 11.4 Å². The topological polar surface area (TPSA) is 44.3 Å². The number of rotatable bonds is 0. The minimum atomic E-state index is 0.312. The molecule has 12 heavy (non-hydrogen) atoms. The molecule has 1 aromatic carbocycles. The average Bonchev–Trinajstić information content (AvgIpc) is 2.07. The molecular weight excluding hydrogens is 152 g/mol. The van der Waals surface area contributed by atoms with Crippen molar-refractivity contribution in [3.8, 4) is 5.75 Å². The fourth-order valence-corrected chi connectivity index (χ4v) is 1.40. The lowest BCUT2D eigenvalue weighted by Gasteiger charge is -2.26. The van der Waals surface area contributed by atoms with Gasteiger partial charge in [0.2, 0.25) is 0 Å². The van der Waals surface area contributed by atoms with Gasteiger partial charge in [0.25, 0.3) is 0 Å². The van der Waals surface area contributed by atoms with Gasteiger partial charge in [-0.25, -0.2) is 0 Å². The molecule has 3 heteroatoms. The summed E-state index contributed by atoms with van der Waals surface area (Å²) < 4.78 is 0. The normalized spacial score (nSPS) is 20.6. The minimum absolute atomic E-state index is 0.312. The lowest BCUT2D eigenvalue weighted by atomic mass is 10.1. The first-order valence-electron chi connectivity index (χ1n) is 4.10. The minimum Gasteiger partial charge on any atom is -0.506 e. The highest BCUT2D eigenvalue weighted by molar-refractivity contribution is 5.77. The second-order valence-corrected chi connectivity index (χ2v) is 3.13. The summed E-state index contributed by atoms with van der Waals surface area (Å²) in [6, 6.07) is 5.84. The van der Waals surface area contributed by atoms with Gasteiger partial charge in [0.05, 0.1) is 5.69 Å². The van der Waals surface area contributed by atoms with Crippen LogP contribution in [-0.2, 0) is 0 Å². The molecule has 0 saturated heterocycles. The number of benzene rings is 1. The van der Waals surface area contributed by atoms with Crippen LogP contribution in [0.3, 0.4) is 0 Å². The molecule has 2 rings (SSSR count). The van der Waals surface area contributed by atoms with E-state index in [1.165, 1.54) is 0 Å². The van der Waals surface area contributed by atoms with E-state index in [9.17, 15) is 5.11 Å². The molecule has 1 aliphatic rings. The second kappa shape index (κ2) is 2.59. The van der Waals surface area contributed by atoms with Crippen LogP contribution in [0, 0.1) is 0 Å². The van der Waals surface area contributed by atoms with Crippen molar-refractivity contribution in [3.63, 3.8) is 0 Å². The van der Waals surface area contributed by atoms with E-state index in [1.54, 1.807) is 6.07 Å². The molecule has 0 fully saturated rings. The largest absolute Gasteiger partial charge is 0.506 e. The molecule has 0 saturated carbocycles. The summed E-state index contributed by atoms with van der Waals surface area (Å²) >= 11 is 0. The number of aromatic hydroxyl groups is 1. The first-order chi connectivity index (χ1) is 5.77. The Morgan fingerprint density at radius 2 is 2.33 bits per heavy atom. The van der Waals surface area contributed by atoms with Crippen LogP contribution in [0.1, 0.15) is 6.92 Å². The maximum Gasteiger partial charge on any atom is 0.140 e. The Morgan fingerprint density at radius 3 is 3.17 bits per heavy atom. The zero-order valence-electron chi connectivity index (χ0n) is 6.96. The van der Waals surface area contributed by atoms with E-state index >= 15 is 0 Å². The summed E-state index contributed by atoms with van der Waals surface area (Å²) in [5.74, 6) is 0.312.